The van der Waals surface area contributed by atoms with Gasteiger partial charge in [-0.25, -0.2) is 4.98 Å². The Morgan fingerprint density at radius 1 is 1.07 bits per heavy atom. The van der Waals surface area contributed by atoms with Crippen LogP contribution in [-0.4, -0.2) is 37.2 Å². The van der Waals surface area contributed by atoms with Crippen molar-refractivity contribution in [1.29, 1.82) is 0 Å². The van der Waals surface area contributed by atoms with E-state index in [1.165, 1.54) is 19.3 Å². The van der Waals surface area contributed by atoms with Crippen LogP contribution in [0.15, 0.2) is 36.4 Å². The molecular formula is C23H25N3O3S. The predicted octanol–water partition coefficient (Wildman–Crippen LogP) is 4.55. The van der Waals surface area contributed by atoms with Crippen molar-refractivity contribution in [3.05, 3.63) is 47.5 Å². The largest absolute Gasteiger partial charge is 0.486 e. The van der Waals surface area contributed by atoms with E-state index in [-0.39, 0.29) is 11.9 Å². The zero-order chi connectivity index (χ0) is 20.5. The summed E-state index contributed by atoms with van der Waals surface area (Å²) in [7, 11) is 0. The summed E-state index contributed by atoms with van der Waals surface area (Å²) in [6, 6.07) is 11.4. The molecule has 1 atom stereocenters. The number of carbonyl (C=O) groups excluding carboxylic acids is 1. The number of amides is 1. The summed E-state index contributed by atoms with van der Waals surface area (Å²) in [5.74, 6) is 1.40. The summed E-state index contributed by atoms with van der Waals surface area (Å²) in [6.45, 7) is 5.23. The summed E-state index contributed by atoms with van der Waals surface area (Å²) in [5.41, 5.74) is 2.59. The van der Waals surface area contributed by atoms with E-state index in [1.807, 2.05) is 43.3 Å². The zero-order valence-electron chi connectivity index (χ0n) is 17.0. The van der Waals surface area contributed by atoms with Crippen molar-refractivity contribution in [3.63, 3.8) is 0 Å². The molecule has 156 valence electrons. The van der Waals surface area contributed by atoms with Gasteiger partial charge in [0.05, 0.1) is 16.3 Å². The number of nitrogens with one attached hydrogen (secondary N) is 1. The number of nitrogens with zero attached hydrogens (tertiary/aromatic N) is 2. The van der Waals surface area contributed by atoms with Crippen LogP contribution in [0.4, 0.5) is 5.13 Å². The van der Waals surface area contributed by atoms with Crippen molar-refractivity contribution in [2.45, 2.75) is 32.2 Å². The zero-order valence-corrected chi connectivity index (χ0v) is 17.8. The molecule has 2 aliphatic rings. The molecule has 5 rings (SSSR count). The van der Waals surface area contributed by atoms with Gasteiger partial charge in [-0.2, -0.15) is 0 Å². The van der Waals surface area contributed by atoms with Crippen LogP contribution in [-0.2, 0) is 0 Å². The van der Waals surface area contributed by atoms with Crippen LogP contribution in [0.25, 0.3) is 10.2 Å². The number of hydrogen-bond donors (Lipinski definition) is 1. The highest BCUT2D eigenvalue weighted by molar-refractivity contribution is 7.22. The molecule has 2 aliphatic heterocycles. The van der Waals surface area contributed by atoms with Crippen molar-refractivity contribution < 1.29 is 14.3 Å². The van der Waals surface area contributed by atoms with E-state index in [1.54, 1.807) is 11.3 Å². The number of rotatable bonds is 4. The van der Waals surface area contributed by atoms with E-state index in [4.69, 9.17) is 14.5 Å². The van der Waals surface area contributed by atoms with Crippen LogP contribution in [0.3, 0.4) is 0 Å². The lowest BCUT2D eigenvalue weighted by Crippen LogP contribution is -2.29. The van der Waals surface area contributed by atoms with Gasteiger partial charge in [-0.1, -0.05) is 17.4 Å². The molecule has 1 unspecified atom stereocenters. The number of anilines is 1. The van der Waals surface area contributed by atoms with Gasteiger partial charge in [0.25, 0.3) is 5.91 Å². The minimum atomic E-state index is -0.144. The summed E-state index contributed by atoms with van der Waals surface area (Å²) >= 11 is 1.67. The number of fused-ring (bicyclic) bond motifs is 2. The van der Waals surface area contributed by atoms with E-state index < -0.39 is 0 Å². The lowest BCUT2D eigenvalue weighted by molar-refractivity contribution is 0.0940. The summed E-state index contributed by atoms with van der Waals surface area (Å²) in [6.07, 6.45) is 3.75. The summed E-state index contributed by atoms with van der Waals surface area (Å²) in [5, 5.41) is 4.15. The van der Waals surface area contributed by atoms with Gasteiger partial charge in [0.15, 0.2) is 16.6 Å². The molecule has 1 amide bonds. The fourth-order valence-corrected chi connectivity index (χ4v) is 5.02. The Labute approximate surface area is 179 Å². The van der Waals surface area contributed by atoms with Gasteiger partial charge >= 0.3 is 0 Å². The molecule has 0 saturated carbocycles. The smallest absolute Gasteiger partial charge is 0.251 e. The van der Waals surface area contributed by atoms with Crippen LogP contribution in [0.5, 0.6) is 11.5 Å². The van der Waals surface area contributed by atoms with Crippen molar-refractivity contribution in [3.8, 4) is 11.5 Å². The highest BCUT2D eigenvalue weighted by Gasteiger charge is 2.18. The lowest BCUT2D eigenvalue weighted by atomic mass is 10.1. The highest BCUT2D eigenvalue weighted by Crippen LogP contribution is 2.33. The van der Waals surface area contributed by atoms with Gasteiger partial charge in [-0.05, 0) is 62.1 Å². The first-order chi connectivity index (χ1) is 14.7. The SMILES string of the molecule is CC(NC(=O)c1ccc2nc(N3CCCCC3)sc2c1)c1ccc2c(c1)OCCO2. The average Bonchev–Trinajstić information content (AvgIpc) is 3.23. The van der Waals surface area contributed by atoms with Crippen molar-refractivity contribution >= 4 is 32.6 Å². The first-order valence-corrected chi connectivity index (χ1v) is 11.3. The van der Waals surface area contributed by atoms with Gasteiger partial charge in [0.1, 0.15) is 13.2 Å². The van der Waals surface area contributed by atoms with E-state index in [0.29, 0.717) is 18.8 Å². The number of carbonyl (C=O) groups is 1. The van der Waals surface area contributed by atoms with Gasteiger partial charge in [0.2, 0.25) is 0 Å². The first kappa shape index (κ1) is 19.2. The fraction of sp³-hybridized carbons (Fsp3) is 0.391. The molecule has 3 heterocycles. The molecule has 1 saturated heterocycles. The van der Waals surface area contributed by atoms with Gasteiger partial charge < -0.3 is 19.7 Å². The molecule has 7 heteroatoms. The Balaban J connectivity index is 1.31. The second-order valence-corrected chi connectivity index (χ2v) is 8.83. The third-order valence-corrected chi connectivity index (χ3v) is 6.76. The molecule has 0 radical (unpaired) electrons. The monoisotopic (exact) mass is 423 g/mol. The maximum Gasteiger partial charge on any atom is 0.251 e. The fourth-order valence-electron chi connectivity index (χ4n) is 3.97. The maximum absolute atomic E-state index is 12.9. The summed E-state index contributed by atoms with van der Waals surface area (Å²) < 4.78 is 12.3. The second-order valence-electron chi connectivity index (χ2n) is 7.82. The molecule has 0 aliphatic carbocycles. The van der Waals surface area contributed by atoms with Gasteiger partial charge in [-0.15, -0.1) is 0 Å². The number of aromatic nitrogens is 1. The molecule has 0 spiro atoms. The molecule has 2 aromatic carbocycles. The number of thiazole rings is 1. The minimum absolute atomic E-state index is 0.0905. The summed E-state index contributed by atoms with van der Waals surface area (Å²) in [4.78, 5) is 20.0. The predicted molar refractivity (Wildman–Crippen MR) is 119 cm³/mol. The molecule has 6 nitrogen and oxygen atoms in total. The normalized spacial score (nSPS) is 17.0. The van der Waals surface area contributed by atoms with E-state index in [9.17, 15) is 4.79 Å². The number of piperidine rings is 1. The molecular weight excluding hydrogens is 398 g/mol. The lowest BCUT2D eigenvalue weighted by Gasteiger charge is -2.25. The standard InChI is InChI=1S/C23H25N3O3S/c1-15(16-6-8-19-20(13-16)29-12-11-28-19)24-22(27)17-5-7-18-21(14-17)30-23(25-18)26-9-3-2-4-10-26/h5-8,13-15H,2-4,9-12H2,1H3,(H,24,27). The molecule has 3 aromatic rings. The van der Waals surface area contributed by atoms with E-state index >= 15 is 0 Å². The Morgan fingerprint density at radius 3 is 2.70 bits per heavy atom. The number of hydrogen-bond acceptors (Lipinski definition) is 6. The molecule has 1 N–H and O–H groups in total. The molecule has 0 bridgehead atoms. The third kappa shape index (κ3) is 3.81. The van der Waals surface area contributed by atoms with Crippen LogP contribution in [0.1, 0.15) is 48.1 Å². The minimum Gasteiger partial charge on any atom is -0.486 e. The van der Waals surface area contributed by atoms with Crippen LogP contribution in [0, 0.1) is 0 Å². The third-order valence-electron chi connectivity index (χ3n) is 5.68. The van der Waals surface area contributed by atoms with Crippen LogP contribution >= 0.6 is 11.3 Å². The van der Waals surface area contributed by atoms with Crippen LogP contribution < -0.4 is 19.7 Å². The van der Waals surface area contributed by atoms with Crippen LogP contribution in [0.2, 0.25) is 0 Å². The Morgan fingerprint density at radius 2 is 1.87 bits per heavy atom. The Bertz CT molecular complexity index is 1070. The van der Waals surface area contributed by atoms with Crippen molar-refractivity contribution in [2.75, 3.05) is 31.2 Å². The van der Waals surface area contributed by atoms with Gasteiger partial charge in [-0.3, -0.25) is 4.79 Å². The molecule has 1 aromatic heterocycles. The highest BCUT2D eigenvalue weighted by atomic mass is 32.1. The molecule has 30 heavy (non-hydrogen) atoms. The first-order valence-electron chi connectivity index (χ1n) is 10.5. The second kappa shape index (κ2) is 8.14. The van der Waals surface area contributed by atoms with E-state index in [2.05, 4.69) is 10.2 Å². The number of ether oxygens (including phenoxy) is 2. The number of benzene rings is 2. The van der Waals surface area contributed by atoms with Crippen molar-refractivity contribution in [1.82, 2.24) is 10.3 Å². The topological polar surface area (TPSA) is 63.7 Å². The Hall–Kier alpha value is -2.80. The van der Waals surface area contributed by atoms with E-state index in [0.717, 1.165) is 45.5 Å². The molecule has 1 fully saturated rings. The van der Waals surface area contributed by atoms with Crippen molar-refractivity contribution in [2.24, 2.45) is 0 Å². The maximum atomic E-state index is 12.9. The van der Waals surface area contributed by atoms with Gasteiger partial charge in [0, 0.05) is 18.7 Å². The quantitative estimate of drug-likeness (QED) is 0.667. The Kier molecular flexibility index (Phi) is 5.21. The average molecular weight is 424 g/mol.